The van der Waals surface area contributed by atoms with Crippen LogP contribution in [-0.4, -0.2) is 50.6 Å². The van der Waals surface area contributed by atoms with Crippen molar-refractivity contribution in [2.24, 2.45) is 0 Å². The number of halogens is 3. The van der Waals surface area contributed by atoms with Gasteiger partial charge in [0.1, 0.15) is 5.69 Å². The minimum Gasteiger partial charge on any atom is -0.332 e. The van der Waals surface area contributed by atoms with Gasteiger partial charge in [-0.1, -0.05) is 0 Å². The molecule has 2 bridgehead atoms. The third kappa shape index (κ3) is 3.08. The van der Waals surface area contributed by atoms with E-state index >= 15 is 0 Å². The summed E-state index contributed by atoms with van der Waals surface area (Å²) in [6.45, 7) is 0. The van der Waals surface area contributed by atoms with Crippen LogP contribution < -0.4 is 0 Å². The number of fused-ring (bicyclic) bond motifs is 2. The molecule has 2 atom stereocenters. The van der Waals surface area contributed by atoms with Crippen molar-refractivity contribution in [3.05, 3.63) is 29.6 Å². The van der Waals surface area contributed by atoms with Gasteiger partial charge in [-0.15, -0.1) is 0 Å². The zero-order valence-electron chi connectivity index (χ0n) is 14.4. The molecule has 3 aliphatic rings. The van der Waals surface area contributed by atoms with Gasteiger partial charge in [0.2, 0.25) is 11.8 Å². The molecule has 3 fully saturated rings. The quantitative estimate of drug-likeness (QED) is 0.738. The van der Waals surface area contributed by atoms with E-state index in [-0.39, 0.29) is 54.3 Å². The third-order valence-corrected chi connectivity index (χ3v) is 5.70. The lowest BCUT2D eigenvalue weighted by Crippen LogP contribution is -2.53. The number of carbonyl (C=O) groups is 3. The molecule has 4 heterocycles. The molecule has 144 valence electrons. The Labute approximate surface area is 153 Å². The number of imide groups is 1. The molecule has 0 spiro atoms. The lowest BCUT2D eigenvalue weighted by atomic mass is 9.95. The summed E-state index contributed by atoms with van der Waals surface area (Å²) in [4.78, 5) is 43.2. The van der Waals surface area contributed by atoms with Gasteiger partial charge >= 0.3 is 6.18 Å². The van der Waals surface area contributed by atoms with Gasteiger partial charge in [-0.05, 0) is 37.8 Å². The van der Waals surface area contributed by atoms with Gasteiger partial charge < -0.3 is 4.90 Å². The highest BCUT2D eigenvalue weighted by Gasteiger charge is 2.48. The first-order chi connectivity index (χ1) is 12.8. The first kappa shape index (κ1) is 17.9. The Bertz CT molecular complexity index is 763. The van der Waals surface area contributed by atoms with Gasteiger partial charge in [-0.25, -0.2) is 0 Å². The van der Waals surface area contributed by atoms with Crippen LogP contribution in [0.15, 0.2) is 18.3 Å². The van der Waals surface area contributed by atoms with E-state index in [4.69, 9.17) is 0 Å². The summed E-state index contributed by atoms with van der Waals surface area (Å²) in [5.41, 5.74) is -0.918. The summed E-state index contributed by atoms with van der Waals surface area (Å²) in [5, 5.41) is 0. The summed E-state index contributed by atoms with van der Waals surface area (Å²) < 4.78 is 37.9. The number of rotatable bonds is 2. The van der Waals surface area contributed by atoms with Crippen molar-refractivity contribution in [2.45, 2.75) is 62.8 Å². The lowest BCUT2D eigenvalue weighted by molar-refractivity contribution is -0.143. The summed E-state index contributed by atoms with van der Waals surface area (Å²) in [6.07, 6.45) is -0.539. The van der Waals surface area contributed by atoms with Crippen molar-refractivity contribution in [1.82, 2.24) is 14.8 Å². The van der Waals surface area contributed by atoms with Crippen LogP contribution in [0.3, 0.4) is 0 Å². The van der Waals surface area contributed by atoms with Crippen molar-refractivity contribution in [2.75, 3.05) is 0 Å². The van der Waals surface area contributed by atoms with E-state index in [2.05, 4.69) is 4.98 Å². The highest BCUT2D eigenvalue weighted by molar-refractivity contribution is 6.02. The van der Waals surface area contributed by atoms with Crippen LogP contribution in [0, 0.1) is 0 Å². The fourth-order valence-corrected chi connectivity index (χ4v) is 4.53. The Morgan fingerprint density at radius 3 is 2.07 bits per heavy atom. The topological polar surface area (TPSA) is 70.6 Å². The van der Waals surface area contributed by atoms with E-state index in [9.17, 15) is 27.6 Å². The van der Waals surface area contributed by atoms with Gasteiger partial charge in [-0.2, -0.15) is 13.2 Å². The number of alkyl halides is 3. The molecule has 6 nitrogen and oxygen atoms in total. The van der Waals surface area contributed by atoms with Crippen LogP contribution in [0.5, 0.6) is 0 Å². The van der Waals surface area contributed by atoms with E-state index in [1.165, 1.54) is 4.90 Å². The van der Waals surface area contributed by atoms with Crippen LogP contribution in [0.1, 0.15) is 54.6 Å². The van der Waals surface area contributed by atoms with Crippen molar-refractivity contribution >= 4 is 17.7 Å². The summed E-state index contributed by atoms with van der Waals surface area (Å²) in [6, 6.07) is 1.52. The molecular formula is C18H18F3N3O3. The Balaban J connectivity index is 1.50. The molecule has 4 rings (SSSR count). The number of amides is 3. The first-order valence-electron chi connectivity index (χ1n) is 8.96. The molecular weight excluding hydrogens is 363 g/mol. The molecule has 0 aliphatic carbocycles. The first-order valence-corrected chi connectivity index (χ1v) is 8.96. The fourth-order valence-electron chi connectivity index (χ4n) is 4.53. The van der Waals surface area contributed by atoms with Crippen molar-refractivity contribution in [1.29, 1.82) is 0 Å². The molecule has 1 aromatic heterocycles. The minimum absolute atomic E-state index is 0.117. The van der Waals surface area contributed by atoms with Crippen LogP contribution in [0.4, 0.5) is 13.2 Å². The Morgan fingerprint density at radius 1 is 1.00 bits per heavy atom. The second kappa shape index (κ2) is 6.31. The SMILES string of the molecule is O=C1CCC(=O)N1C1CC2CCC(C1)N2C(=O)c1ccc(C(F)(F)F)nc1. The van der Waals surface area contributed by atoms with Crippen molar-refractivity contribution in [3.8, 4) is 0 Å². The van der Waals surface area contributed by atoms with Gasteiger partial charge in [0.05, 0.1) is 5.56 Å². The summed E-state index contributed by atoms with van der Waals surface area (Å²) in [5.74, 6) is -0.659. The van der Waals surface area contributed by atoms with Crippen molar-refractivity contribution < 1.29 is 27.6 Å². The number of nitrogens with zero attached hydrogens (tertiary/aromatic N) is 3. The molecule has 0 radical (unpaired) electrons. The molecule has 1 aromatic rings. The van der Waals surface area contributed by atoms with E-state index < -0.39 is 11.9 Å². The number of aromatic nitrogens is 1. The standard InChI is InChI=1S/C18H18F3N3O3/c19-18(20,21)14-4-1-10(9-22-14)17(27)23-11-2-3-12(23)8-13(7-11)24-15(25)5-6-16(24)26/h1,4,9,11-13H,2-3,5-8H2. The Morgan fingerprint density at radius 2 is 1.59 bits per heavy atom. The minimum atomic E-state index is -4.55. The molecule has 3 aliphatic heterocycles. The molecule has 27 heavy (non-hydrogen) atoms. The second-order valence-corrected chi connectivity index (χ2v) is 7.31. The molecule has 9 heteroatoms. The van der Waals surface area contributed by atoms with Crippen LogP contribution >= 0.6 is 0 Å². The zero-order valence-corrected chi connectivity index (χ0v) is 14.4. The third-order valence-electron chi connectivity index (χ3n) is 5.70. The van der Waals surface area contributed by atoms with E-state index in [0.717, 1.165) is 31.2 Å². The Hall–Kier alpha value is -2.45. The van der Waals surface area contributed by atoms with Crippen molar-refractivity contribution in [3.63, 3.8) is 0 Å². The van der Waals surface area contributed by atoms with E-state index in [1.807, 2.05) is 0 Å². The fraction of sp³-hybridized carbons (Fsp3) is 0.556. The smallest absolute Gasteiger partial charge is 0.332 e. The average molecular weight is 381 g/mol. The summed E-state index contributed by atoms with van der Waals surface area (Å²) in [7, 11) is 0. The number of piperidine rings is 1. The highest BCUT2D eigenvalue weighted by Crippen LogP contribution is 2.39. The Kier molecular flexibility index (Phi) is 4.20. The van der Waals surface area contributed by atoms with Crippen LogP contribution in [0.2, 0.25) is 0 Å². The number of pyridine rings is 1. The maximum Gasteiger partial charge on any atom is 0.433 e. The van der Waals surface area contributed by atoms with Gasteiger partial charge in [-0.3, -0.25) is 24.3 Å². The van der Waals surface area contributed by atoms with Gasteiger partial charge in [0.15, 0.2) is 0 Å². The van der Waals surface area contributed by atoms with Gasteiger partial charge in [0, 0.05) is 37.2 Å². The number of carbonyl (C=O) groups excluding carboxylic acids is 3. The molecule has 0 saturated carbocycles. The normalized spacial score (nSPS) is 28.2. The van der Waals surface area contributed by atoms with Gasteiger partial charge in [0.25, 0.3) is 5.91 Å². The molecule has 0 N–H and O–H groups in total. The van der Waals surface area contributed by atoms with Crippen LogP contribution in [-0.2, 0) is 15.8 Å². The molecule has 3 amide bonds. The molecule has 0 aromatic carbocycles. The monoisotopic (exact) mass is 381 g/mol. The zero-order chi connectivity index (χ0) is 19.3. The maximum atomic E-state index is 12.8. The van der Waals surface area contributed by atoms with E-state index in [0.29, 0.717) is 12.8 Å². The maximum absolute atomic E-state index is 12.8. The number of likely N-dealkylation sites (tertiary alicyclic amines) is 1. The van der Waals surface area contributed by atoms with E-state index in [1.54, 1.807) is 4.90 Å². The predicted octanol–water partition coefficient (Wildman–Crippen LogP) is 2.39. The average Bonchev–Trinajstić information content (AvgIpc) is 3.09. The molecule has 2 unspecified atom stereocenters. The highest BCUT2D eigenvalue weighted by atomic mass is 19.4. The number of hydrogen-bond acceptors (Lipinski definition) is 4. The second-order valence-electron chi connectivity index (χ2n) is 7.31. The number of hydrogen-bond donors (Lipinski definition) is 0. The molecule has 3 saturated heterocycles. The largest absolute Gasteiger partial charge is 0.433 e. The summed E-state index contributed by atoms with van der Waals surface area (Å²) >= 11 is 0. The predicted molar refractivity (Wildman–Crippen MR) is 86.3 cm³/mol. The lowest BCUT2D eigenvalue weighted by Gasteiger charge is -2.41. The van der Waals surface area contributed by atoms with Crippen LogP contribution in [0.25, 0.3) is 0 Å².